The van der Waals surface area contributed by atoms with E-state index < -0.39 is 0 Å². The van der Waals surface area contributed by atoms with Gasteiger partial charge in [0.15, 0.2) is 6.29 Å². The fourth-order valence-electron chi connectivity index (χ4n) is 2.37. The van der Waals surface area contributed by atoms with Gasteiger partial charge in [-0.3, -0.25) is 0 Å². The third-order valence-electron chi connectivity index (χ3n) is 3.58. The summed E-state index contributed by atoms with van der Waals surface area (Å²) in [5.74, 6) is 0.668. The molecule has 1 fully saturated rings. The van der Waals surface area contributed by atoms with Crippen molar-refractivity contribution in [1.29, 1.82) is 0 Å². The largest absolute Gasteiger partial charge is 0.355 e. The Kier molecular flexibility index (Phi) is 5.18. The molecule has 1 N–H and O–H groups in total. The number of hydrogen-bond donors (Lipinski definition) is 1. The van der Waals surface area contributed by atoms with Gasteiger partial charge in [0, 0.05) is 31.3 Å². The van der Waals surface area contributed by atoms with Crippen LogP contribution in [0.15, 0.2) is 28.7 Å². The molecular weight excluding hydrogens is 294 g/mol. The second-order valence-electron chi connectivity index (χ2n) is 4.70. The van der Waals surface area contributed by atoms with Crippen LogP contribution < -0.4 is 5.32 Å². The Morgan fingerprint density at radius 2 is 1.94 bits per heavy atom. The summed E-state index contributed by atoms with van der Waals surface area (Å²) in [6.45, 7) is 0.750. The molecule has 0 unspecified atom stereocenters. The maximum absolute atomic E-state index is 5.16. The van der Waals surface area contributed by atoms with Crippen molar-refractivity contribution in [3.63, 3.8) is 0 Å². The molecule has 18 heavy (non-hydrogen) atoms. The number of methoxy groups -OCH3 is 2. The van der Waals surface area contributed by atoms with Crippen LogP contribution in [-0.4, -0.2) is 33.1 Å². The van der Waals surface area contributed by atoms with Gasteiger partial charge in [-0.1, -0.05) is 34.1 Å². The minimum atomic E-state index is -0.146. The van der Waals surface area contributed by atoms with E-state index in [9.17, 15) is 0 Å². The lowest BCUT2D eigenvalue weighted by Gasteiger charge is -2.37. The standard InChI is InChI=1S/C14H20BrNO2/c1-17-14(18-2)9-16-11-7-10(8-11)12-5-3-4-6-13(12)15/h3-6,10-11,14,16H,7-9H2,1-2H3. The molecule has 0 bridgehead atoms. The van der Waals surface area contributed by atoms with Crippen LogP contribution in [0.4, 0.5) is 0 Å². The quantitative estimate of drug-likeness (QED) is 0.819. The summed E-state index contributed by atoms with van der Waals surface area (Å²) in [6.07, 6.45) is 2.22. The van der Waals surface area contributed by atoms with Crippen LogP contribution in [0.3, 0.4) is 0 Å². The highest BCUT2D eigenvalue weighted by Gasteiger charge is 2.31. The molecule has 0 aliphatic heterocycles. The topological polar surface area (TPSA) is 30.5 Å². The van der Waals surface area contributed by atoms with E-state index >= 15 is 0 Å². The second kappa shape index (κ2) is 6.66. The molecule has 1 aliphatic carbocycles. The molecule has 3 nitrogen and oxygen atoms in total. The summed E-state index contributed by atoms with van der Waals surface area (Å²) >= 11 is 3.62. The molecular formula is C14H20BrNO2. The van der Waals surface area contributed by atoms with Gasteiger partial charge in [-0.2, -0.15) is 0 Å². The molecule has 0 amide bonds. The Labute approximate surface area is 117 Å². The summed E-state index contributed by atoms with van der Waals surface area (Å²) < 4.78 is 11.5. The first kappa shape index (κ1) is 14.0. The molecule has 0 radical (unpaired) electrons. The molecule has 0 spiro atoms. The van der Waals surface area contributed by atoms with Crippen molar-refractivity contribution in [2.24, 2.45) is 0 Å². The summed E-state index contributed by atoms with van der Waals surface area (Å²) in [7, 11) is 3.33. The highest BCUT2D eigenvalue weighted by Crippen LogP contribution is 2.39. The van der Waals surface area contributed by atoms with Crippen LogP contribution in [-0.2, 0) is 9.47 Å². The lowest BCUT2D eigenvalue weighted by atomic mass is 9.76. The maximum atomic E-state index is 5.16. The minimum Gasteiger partial charge on any atom is -0.355 e. The number of ether oxygens (including phenoxy) is 2. The molecule has 100 valence electrons. The summed E-state index contributed by atoms with van der Waals surface area (Å²) in [4.78, 5) is 0. The summed E-state index contributed by atoms with van der Waals surface area (Å²) in [5.41, 5.74) is 1.42. The highest BCUT2D eigenvalue weighted by atomic mass is 79.9. The predicted molar refractivity (Wildman–Crippen MR) is 75.7 cm³/mol. The SMILES string of the molecule is COC(CNC1CC(c2ccccc2Br)C1)OC. The van der Waals surface area contributed by atoms with Crippen molar-refractivity contribution in [3.8, 4) is 0 Å². The summed E-state index contributed by atoms with van der Waals surface area (Å²) in [6, 6.07) is 9.06. The molecule has 1 aromatic carbocycles. The van der Waals surface area contributed by atoms with Gasteiger partial charge in [0.25, 0.3) is 0 Å². The fraction of sp³-hybridized carbons (Fsp3) is 0.571. The number of hydrogen-bond acceptors (Lipinski definition) is 3. The van der Waals surface area contributed by atoms with E-state index in [-0.39, 0.29) is 6.29 Å². The van der Waals surface area contributed by atoms with E-state index in [0.29, 0.717) is 12.0 Å². The van der Waals surface area contributed by atoms with E-state index in [1.54, 1.807) is 14.2 Å². The molecule has 1 aromatic rings. The Bertz CT molecular complexity index is 376. The molecule has 4 heteroatoms. The van der Waals surface area contributed by atoms with Gasteiger partial charge >= 0.3 is 0 Å². The normalized spacial score (nSPS) is 23.1. The smallest absolute Gasteiger partial charge is 0.169 e. The third-order valence-corrected chi connectivity index (χ3v) is 4.30. The molecule has 0 heterocycles. The number of nitrogens with one attached hydrogen (secondary N) is 1. The third kappa shape index (κ3) is 3.32. The second-order valence-corrected chi connectivity index (χ2v) is 5.55. The van der Waals surface area contributed by atoms with Crippen LogP contribution in [0.5, 0.6) is 0 Å². The average molecular weight is 314 g/mol. The molecule has 0 aromatic heterocycles. The monoisotopic (exact) mass is 313 g/mol. The number of rotatable bonds is 6. The van der Waals surface area contributed by atoms with Gasteiger partial charge in [-0.05, 0) is 30.4 Å². The molecule has 2 rings (SSSR count). The van der Waals surface area contributed by atoms with Crippen LogP contribution in [0.25, 0.3) is 0 Å². The minimum absolute atomic E-state index is 0.146. The zero-order valence-electron chi connectivity index (χ0n) is 10.9. The zero-order valence-corrected chi connectivity index (χ0v) is 12.4. The van der Waals surface area contributed by atoms with Crippen LogP contribution in [0, 0.1) is 0 Å². The Hall–Kier alpha value is -0.420. The van der Waals surface area contributed by atoms with Crippen molar-refractivity contribution < 1.29 is 9.47 Å². The van der Waals surface area contributed by atoms with Crippen molar-refractivity contribution in [2.75, 3.05) is 20.8 Å². The Morgan fingerprint density at radius 1 is 1.28 bits per heavy atom. The fourth-order valence-corrected chi connectivity index (χ4v) is 2.98. The lowest BCUT2D eigenvalue weighted by Crippen LogP contribution is -2.44. The van der Waals surface area contributed by atoms with Gasteiger partial charge in [0.05, 0.1) is 0 Å². The molecule has 1 aliphatic rings. The van der Waals surface area contributed by atoms with E-state index in [2.05, 4.69) is 45.5 Å². The predicted octanol–water partition coefficient (Wildman–Crippen LogP) is 2.90. The van der Waals surface area contributed by atoms with Crippen molar-refractivity contribution in [2.45, 2.75) is 31.1 Å². The van der Waals surface area contributed by atoms with Crippen LogP contribution in [0.2, 0.25) is 0 Å². The van der Waals surface area contributed by atoms with E-state index in [4.69, 9.17) is 9.47 Å². The summed E-state index contributed by atoms with van der Waals surface area (Å²) in [5, 5.41) is 3.47. The first-order chi connectivity index (χ1) is 8.74. The van der Waals surface area contributed by atoms with Crippen molar-refractivity contribution in [3.05, 3.63) is 34.3 Å². The van der Waals surface area contributed by atoms with E-state index in [1.165, 1.54) is 22.9 Å². The van der Waals surface area contributed by atoms with Crippen molar-refractivity contribution in [1.82, 2.24) is 5.32 Å². The van der Waals surface area contributed by atoms with Crippen molar-refractivity contribution >= 4 is 15.9 Å². The van der Waals surface area contributed by atoms with Crippen LogP contribution in [0.1, 0.15) is 24.3 Å². The molecule has 0 saturated heterocycles. The molecule has 1 saturated carbocycles. The highest BCUT2D eigenvalue weighted by molar-refractivity contribution is 9.10. The molecule has 0 atom stereocenters. The number of benzene rings is 1. The van der Waals surface area contributed by atoms with E-state index in [1.807, 2.05) is 0 Å². The zero-order chi connectivity index (χ0) is 13.0. The maximum Gasteiger partial charge on any atom is 0.169 e. The lowest BCUT2D eigenvalue weighted by molar-refractivity contribution is -0.101. The Morgan fingerprint density at radius 3 is 2.56 bits per heavy atom. The van der Waals surface area contributed by atoms with Gasteiger partial charge in [-0.25, -0.2) is 0 Å². The van der Waals surface area contributed by atoms with Crippen LogP contribution >= 0.6 is 15.9 Å². The van der Waals surface area contributed by atoms with Gasteiger partial charge < -0.3 is 14.8 Å². The Balaban J connectivity index is 1.76. The van der Waals surface area contributed by atoms with Gasteiger partial charge in [0.2, 0.25) is 0 Å². The average Bonchev–Trinajstić information content (AvgIpc) is 2.34. The van der Waals surface area contributed by atoms with Gasteiger partial charge in [-0.15, -0.1) is 0 Å². The first-order valence-corrected chi connectivity index (χ1v) is 7.07. The first-order valence-electron chi connectivity index (χ1n) is 6.28. The van der Waals surface area contributed by atoms with Gasteiger partial charge in [0.1, 0.15) is 0 Å². The van der Waals surface area contributed by atoms with E-state index in [0.717, 1.165) is 6.54 Å². The number of halogens is 1.